The molecule has 5 nitrogen and oxygen atoms in total. The van der Waals surface area contributed by atoms with E-state index < -0.39 is 0 Å². The number of furan rings is 1. The second-order valence-corrected chi connectivity index (χ2v) is 4.13. The summed E-state index contributed by atoms with van der Waals surface area (Å²) >= 11 is 0. The Balaban J connectivity index is 2.12. The Morgan fingerprint density at radius 2 is 2.28 bits per heavy atom. The van der Waals surface area contributed by atoms with Crippen LogP contribution in [0.1, 0.15) is 34.8 Å². The predicted molar refractivity (Wildman–Crippen MR) is 68.0 cm³/mol. The summed E-state index contributed by atoms with van der Waals surface area (Å²) in [5.41, 5.74) is 6.83. The van der Waals surface area contributed by atoms with Crippen molar-refractivity contribution in [2.24, 2.45) is 0 Å². The van der Waals surface area contributed by atoms with Crippen molar-refractivity contribution in [3.63, 3.8) is 0 Å². The Hall–Kier alpha value is -2.30. The molecule has 1 unspecified atom stereocenters. The summed E-state index contributed by atoms with van der Waals surface area (Å²) in [5.74, 6) is 0.851. The molecule has 18 heavy (non-hydrogen) atoms. The van der Waals surface area contributed by atoms with Crippen molar-refractivity contribution in [2.75, 3.05) is 5.73 Å². The highest BCUT2D eigenvalue weighted by Gasteiger charge is 2.14. The average molecular weight is 245 g/mol. The quantitative estimate of drug-likeness (QED) is 0.867. The maximum absolute atomic E-state index is 12.0. The van der Waals surface area contributed by atoms with Gasteiger partial charge in [-0.3, -0.25) is 4.79 Å². The molecule has 0 aromatic carbocycles. The number of nitrogens with zero attached hydrogens (tertiary/aromatic N) is 1. The zero-order chi connectivity index (χ0) is 13.1. The molecule has 94 valence electrons. The molecule has 0 fully saturated rings. The second kappa shape index (κ2) is 4.91. The summed E-state index contributed by atoms with van der Waals surface area (Å²) in [7, 11) is 0. The Bertz CT molecular complexity index is 529. The first-order valence-corrected chi connectivity index (χ1v) is 5.64. The van der Waals surface area contributed by atoms with Crippen molar-refractivity contribution >= 4 is 11.7 Å². The summed E-state index contributed by atoms with van der Waals surface area (Å²) < 4.78 is 5.23. The maximum atomic E-state index is 12.0. The number of aryl methyl sites for hydroxylation is 1. The smallest absolute Gasteiger partial charge is 0.252 e. The highest BCUT2D eigenvalue weighted by molar-refractivity contribution is 5.95. The largest absolute Gasteiger partial charge is 0.467 e. The van der Waals surface area contributed by atoms with Gasteiger partial charge in [0.25, 0.3) is 5.91 Å². The number of pyridine rings is 1. The van der Waals surface area contributed by atoms with E-state index in [9.17, 15) is 4.79 Å². The van der Waals surface area contributed by atoms with Gasteiger partial charge in [-0.1, -0.05) is 0 Å². The van der Waals surface area contributed by atoms with Crippen LogP contribution in [0.3, 0.4) is 0 Å². The van der Waals surface area contributed by atoms with Gasteiger partial charge in [0, 0.05) is 11.3 Å². The summed E-state index contributed by atoms with van der Waals surface area (Å²) in [6, 6.07) is 6.66. The third-order valence-corrected chi connectivity index (χ3v) is 2.55. The first-order chi connectivity index (χ1) is 8.56. The van der Waals surface area contributed by atoms with Gasteiger partial charge >= 0.3 is 0 Å². The van der Waals surface area contributed by atoms with Crippen LogP contribution in [-0.4, -0.2) is 10.9 Å². The minimum Gasteiger partial charge on any atom is -0.467 e. The van der Waals surface area contributed by atoms with Gasteiger partial charge in [0.2, 0.25) is 0 Å². The van der Waals surface area contributed by atoms with Crippen LogP contribution < -0.4 is 11.1 Å². The molecule has 0 saturated heterocycles. The van der Waals surface area contributed by atoms with Gasteiger partial charge in [0.05, 0.1) is 12.3 Å². The van der Waals surface area contributed by atoms with E-state index in [4.69, 9.17) is 10.2 Å². The van der Waals surface area contributed by atoms with Crippen molar-refractivity contribution in [2.45, 2.75) is 19.9 Å². The van der Waals surface area contributed by atoms with Crippen molar-refractivity contribution in [3.8, 4) is 0 Å². The molecule has 0 aliphatic carbocycles. The number of hydrogen-bond donors (Lipinski definition) is 2. The highest BCUT2D eigenvalue weighted by Crippen LogP contribution is 2.14. The minimum atomic E-state index is -0.198. The normalized spacial score (nSPS) is 12.1. The number of rotatable bonds is 3. The fraction of sp³-hybridized carbons (Fsp3) is 0.231. The van der Waals surface area contributed by atoms with Crippen LogP contribution in [0.25, 0.3) is 0 Å². The van der Waals surface area contributed by atoms with E-state index in [0.29, 0.717) is 22.8 Å². The molecule has 3 N–H and O–H groups in total. The number of nitrogens with two attached hydrogens (primary N) is 1. The lowest BCUT2D eigenvalue weighted by molar-refractivity contribution is 0.0935. The molecule has 0 saturated carbocycles. The fourth-order valence-electron chi connectivity index (χ4n) is 1.71. The van der Waals surface area contributed by atoms with Crippen molar-refractivity contribution in [1.82, 2.24) is 10.3 Å². The number of anilines is 1. The Labute approximate surface area is 105 Å². The van der Waals surface area contributed by atoms with Crippen molar-refractivity contribution < 1.29 is 9.21 Å². The number of carbonyl (C=O) groups is 1. The van der Waals surface area contributed by atoms with E-state index in [0.717, 1.165) is 0 Å². The van der Waals surface area contributed by atoms with E-state index in [2.05, 4.69) is 10.3 Å². The molecule has 0 radical (unpaired) electrons. The van der Waals surface area contributed by atoms with Crippen molar-refractivity contribution in [1.29, 1.82) is 0 Å². The number of carbonyl (C=O) groups excluding carboxylic acids is 1. The highest BCUT2D eigenvalue weighted by atomic mass is 16.3. The lowest BCUT2D eigenvalue weighted by atomic mass is 10.2. The average Bonchev–Trinajstić information content (AvgIpc) is 2.80. The monoisotopic (exact) mass is 245 g/mol. The first-order valence-electron chi connectivity index (χ1n) is 5.64. The molecular weight excluding hydrogens is 230 g/mol. The summed E-state index contributed by atoms with van der Waals surface area (Å²) in [6.45, 7) is 3.65. The molecular formula is C13H15N3O2. The zero-order valence-electron chi connectivity index (χ0n) is 10.3. The van der Waals surface area contributed by atoms with E-state index in [-0.39, 0.29) is 11.9 Å². The Morgan fingerprint density at radius 1 is 1.50 bits per heavy atom. The fourth-order valence-corrected chi connectivity index (χ4v) is 1.71. The summed E-state index contributed by atoms with van der Waals surface area (Å²) in [6.07, 6.45) is 1.58. The Kier molecular flexibility index (Phi) is 3.32. The van der Waals surface area contributed by atoms with Crippen LogP contribution in [0.15, 0.2) is 34.9 Å². The van der Waals surface area contributed by atoms with Crippen molar-refractivity contribution in [3.05, 3.63) is 47.5 Å². The molecule has 0 aliphatic rings. The number of hydrogen-bond acceptors (Lipinski definition) is 4. The second-order valence-electron chi connectivity index (χ2n) is 4.13. The van der Waals surface area contributed by atoms with E-state index >= 15 is 0 Å². The standard InChI is InChI=1S/C13H15N3O2/c1-8-6-10(7-12(14)15-8)13(17)16-9(2)11-4-3-5-18-11/h3-7,9H,1-2H3,(H2,14,15)(H,16,17). The van der Waals surface area contributed by atoms with Crippen LogP contribution >= 0.6 is 0 Å². The summed E-state index contributed by atoms with van der Waals surface area (Å²) in [5, 5.41) is 2.84. The molecule has 2 aromatic heterocycles. The van der Waals surface area contributed by atoms with E-state index in [1.807, 2.05) is 13.0 Å². The zero-order valence-corrected chi connectivity index (χ0v) is 10.3. The van der Waals surface area contributed by atoms with Gasteiger partial charge in [-0.15, -0.1) is 0 Å². The predicted octanol–water partition coefficient (Wildman–Crippen LogP) is 2.06. The number of aromatic nitrogens is 1. The molecule has 2 aromatic rings. The number of nitrogens with one attached hydrogen (secondary N) is 1. The molecule has 0 bridgehead atoms. The topological polar surface area (TPSA) is 81.2 Å². The molecule has 5 heteroatoms. The number of nitrogen functional groups attached to an aromatic ring is 1. The third-order valence-electron chi connectivity index (χ3n) is 2.55. The lowest BCUT2D eigenvalue weighted by Gasteiger charge is -2.11. The molecule has 1 atom stereocenters. The van der Waals surface area contributed by atoms with Crippen LogP contribution in [0.5, 0.6) is 0 Å². The van der Waals surface area contributed by atoms with Gasteiger partial charge < -0.3 is 15.5 Å². The van der Waals surface area contributed by atoms with Crippen LogP contribution in [0.4, 0.5) is 5.82 Å². The van der Waals surface area contributed by atoms with Gasteiger partial charge in [0.15, 0.2) is 0 Å². The molecule has 1 amide bonds. The number of amides is 1. The molecule has 2 rings (SSSR count). The summed E-state index contributed by atoms with van der Waals surface area (Å²) in [4.78, 5) is 16.0. The lowest BCUT2D eigenvalue weighted by Crippen LogP contribution is -2.26. The molecule has 2 heterocycles. The van der Waals surface area contributed by atoms with Gasteiger partial charge in [-0.25, -0.2) is 4.98 Å². The van der Waals surface area contributed by atoms with Crippen LogP contribution in [0, 0.1) is 6.92 Å². The van der Waals surface area contributed by atoms with Gasteiger partial charge in [0.1, 0.15) is 11.6 Å². The van der Waals surface area contributed by atoms with E-state index in [1.165, 1.54) is 0 Å². The minimum absolute atomic E-state index is 0.192. The van der Waals surface area contributed by atoms with E-state index in [1.54, 1.807) is 31.4 Å². The SMILES string of the molecule is Cc1cc(C(=O)NC(C)c2ccco2)cc(N)n1. The molecule has 0 spiro atoms. The van der Waals surface area contributed by atoms with Crippen LogP contribution in [0.2, 0.25) is 0 Å². The first kappa shape index (κ1) is 12.2. The third kappa shape index (κ3) is 2.68. The van der Waals surface area contributed by atoms with Gasteiger partial charge in [-0.2, -0.15) is 0 Å². The Morgan fingerprint density at radius 3 is 2.89 bits per heavy atom. The van der Waals surface area contributed by atoms with Crippen LogP contribution in [-0.2, 0) is 0 Å². The molecule has 0 aliphatic heterocycles. The maximum Gasteiger partial charge on any atom is 0.252 e. The van der Waals surface area contributed by atoms with Gasteiger partial charge in [-0.05, 0) is 38.1 Å².